The van der Waals surface area contributed by atoms with Crippen LogP contribution in [0.25, 0.3) is 5.57 Å². The number of hydrogen-bond donors (Lipinski definition) is 1. The van der Waals surface area contributed by atoms with E-state index in [1.54, 1.807) is 25.3 Å². The van der Waals surface area contributed by atoms with E-state index in [9.17, 15) is 9.90 Å². The molecule has 0 aromatic heterocycles. The summed E-state index contributed by atoms with van der Waals surface area (Å²) in [6.07, 6.45) is 3.62. The van der Waals surface area contributed by atoms with Crippen LogP contribution in [0.3, 0.4) is 0 Å². The Labute approximate surface area is 133 Å². The number of ketones is 1. The van der Waals surface area contributed by atoms with Crippen molar-refractivity contribution >= 4 is 11.4 Å². The van der Waals surface area contributed by atoms with E-state index in [1.165, 1.54) is 7.11 Å². The van der Waals surface area contributed by atoms with Crippen molar-refractivity contribution in [1.29, 1.82) is 0 Å². The van der Waals surface area contributed by atoms with Crippen molar-refractivity contribution in [3.05, 3.63) is 52.8 Å². The van der Waals surface area contributed by atoms with Crippen LogP contribution in [0.1, 0.15) is 12.0 Å². The second kappa shape index (κ2) is 4.73. The van der Waals surface area contributed by atoms with Crippen LogP contribution in [0.5, 0.6) is 11.5 Å². The number of methoxy groups -OCH3 is 2. The molecule has 0 bridgehead atoms. The zero-order valence-electron chi connectivity index (χ0n) is 12.9. The fourth-order valence-electron chi connectivity index (χ4n) is 3.47. The molecule has 0 saturated heterocycles. The van der Waals surface area contributed by atoms with Crippen LogP contribution in [0, 0.1) is 0 Å². The maximum Gasteiger partial charge on any atom is 0.220 e. The molecule has 1 unspecified atom stereocenters. The minimum Gasteiger partial charge on any atom is -0.497 e. The molecule has 1 N–H and O–H groups in total. The fourth-order valence-corrected chi connectivity index (χ4v) is 3.47. The van der Waals surface area contributed by atoms with E-state index in [0.29, 0.717) is 17.9 Å². The quantitative estimate of drug-likeness (QED) is 0.905. The third-order valence-electron chi connectivity index (χ3n) is 4.53. The van der Waals surface area contributed by atoms with Crippen molar-refractivity contribution in [2.45, 2.75) is 12.0 Å². The molecule has 1 aromatic rings. The second-order valence-corrected chi connectivity index (χ2v) is 5.89. The van der Waals surface area contributed by atoms with Crippen molar-refractivity contribution in [3.63, 3.8) is 0 Å². The first-order chi connectivity index (χ1) is 11.1. The number of hydrogen-bond acceptors (Lipinski definition) is 5. The van der Waals surface area contributed by atoms with Gasteiger partial charge in [0.05, 0.1) is 14.2 Å². The van der Waals surface area contributed by atoms with E-state index in [0.717, 1.165) is 22.3 Å². The van der Waals surface area contributed by atoms with Crippen LogP contribution in [0.2, 0.25) is 0 Å². The summed E-state index contributed by atoms with van der Waals surface area (Å²) in [5.74, 6) is 1.47. The monoisotopic (exact) mass is 312 g/mol. The summed E-state index contributed by atoms with van der Waals surface area (Å²) < 4.78 is 16.1. The first kappa shape index (κ1) is 14.1. The van der Waals surface area contributed by atoms with Crippen LogP contribution in [0.15, 0.2) is 47.3 Å². The van der Waals surface area contributed by atoms with Crippen LogP contribution in [0.4, 0.5) is 0 Å². The minimum absolute atomic E-state index is 0.147. The first-order valence-electron chi connectivity index (χ1n) is 7.35. The molecule has 2 aliphatic carbocycles. The van der Waals surface area contributed by atoms with Crippen LogP contribution < -0.4 is 9.47 Å². The third kappa shape index (κ3) is 1.93. The normalized spacial score (nSPS) is 24.9. The van der Waals surface area contributed by atoms with Gasteiger partial charge in [-0.25, -0.2) is 0 Å². The number of ether oxygens (including phenoxy) is 3. The molecule has 118 valence electrons. The molecule has 0 amide bonds. The lowest BCUT2D eigenvalue weighted by Gasteiger charge is -2.33. The Morgan fingerprint density at radius 2 is 2.04 bits per heavy atom. The summed E-state index contributed by atoms with van der Waals surface area (Å²) in [5, 5.41) is 11.0. The number of fused-ring (bicyclic) bond motifs is 4. The van der Waals surface area contributed by atoms with Gasteiger partial charge >= 0.3 is 0 Å². The smallest absolute Gasteiger partial charge is 0.220 e. The average Bonchev–Trinajstić information content (AvgIpc) is 2.84. The molecule has 1 heterocycles. The van der Waals surface area contributed by atoms with Gasteiger partial charge in [-0.15, -0.1) is 0 Å². The van der Waals surface area contributed by atoms with Gasteiger partial charge in [-0.1, -0.05) is 0 Å². The standard InChI is InChI=1S/C18H16O5/c1-21-11-3-4-12-15(6-11)23-9-18(20)8-10-5-14(19)16(22-2)7-13(10)17(12)18/h3-7,20H,8-9H2,1-2H3. The highest BCUT2D eigenvalue weighted by molar-refractivity contribution is 6.07. The molecule has 5 nitrogen and oxygen atoms in total. The topological polar surface area (TPSA) is 65.0 Å². The lowest BCUT2D eigenvalue weighted by atomic mass is 9.87. The van der Waals surface area contributed by atoms with Gasteiger partial charge in [0.1, 0.15) is 23.7 Å². The van der Waals surface area contributed by atoms with Gasteiger partial charge in [0.15, 0.2) is 5.76 Å². The number of rotatable bonds is 2. The van der Waals surface area contributed by atoms with Gasteiger partial charge < -0.3 is 19.3 Å². The number of carbonyl (C=O) groups is 1. The molecule has 5 heteroatoms. The molecule has 1 atom stereocenters. The van der Waals surface area contributed by atoms with Gasteiger partial charge in [-0.2, -0.15) is 0 Å². The third-order valence-corrected chi connectivity index (χ3v) is 4.53. The highest BCUT2D eigenvalue weighted by Gasteiger charge is 2.47. The van der Waals surface area contributed by atoms with Crippen LogP contribution >= 0.6 is 0 Å². The van der Waals surface area contributed by atoms with Crippen molar-refractivity contribution in [2.24, 2.45) is 0 Å². The number of carbonyl (C=O) groups excluding carboxylic acids is 1. The molecule has 0 radical (unpaired) electrons. The number of aliphatic hydroxyl groups is 1. The van der Waals surface area contributed by atoms with E-state index >= 15 is 0 Å². The molecule has 23 heavy (non-hydrogen) atoms. The predicted octanol–water partition coefficient (Wildman–Crippen LogP) is 2.02. The van der Waals surface area contributed by atoms with Gasteiger partial charge in [0.2, 0.25) is 5.78 Å². The summed E-state index contributed by atoms with van der Waals surface area (Å²) in [6.45, 7) is 0.147. The predicted molar refractivity (Wildman–Crippen MR) is 83.2 cm³/mol. The molecular formula is C18H16O5. The van der Waals surface area contributed by atoms with Crippen molar-refractivity contribution < 1.29 is 24.1 Å². The van der Waals surface area contributed by atoms with Crippen molar-refractivity contribution in [2.75, 3.05) is 20.8 Å². The Morgan fingerprint density at radius 3 is 2.78 bits per heavy atom. The summed E-state index contributed by atoms with van der Waals surface area (Å²) >= 11 is 0. The highest BCUT2D eigenvalue weighted by Crippen LogP contribution is 2.52. The number of allylic oxidation sites excluding steroid dienone is 3. The first-order valence-corrected chi connectivity index (χ1v) is 7.35. The zero-order valence-corrected chi connectivity index (χ0v) is 12.9. The fraction of sp³-hybridized carbons (Fsp3) is 0.278. The maximum absolute atomic E-state index is 12.0. The molecule has 3 aliphatic rings. The minimum atomic E-state index is -1.12. The van der Waals surface area contributed by atoms with Crippen molar-refractivity contribution in [3.8, 4) is 11.5 Å². The van der Waals surface area contributed by atoms with Gasteiger partial charge in [0.25, 0.3) is 0 Å². The summed E-state index contributed by atoms with van der Waals surface area (Å²) in [4.78, 5) is 12.0. The van der Waals surface area contributed by atoms with Gasteiger partial charge in [0, 0.05) is 23.6 Å². The summed E-state index contributed by atoms with van der Waals surface area (Å²) in [6, 6.07) is 5.51. The van der Waals surface area contributed by atoms with Crippen LogP contribution in [-0.4, -0.2) is 37.3 Å². The maximum atomic E-state index is 12.0. The number of benzene rings is 1. The Bertz CT molecular complexity index is 815. The van der Waals surface area contributed by atoms with E-state index in [-0.39, 0.29) is 18.1 Å². The van der Waals surface area contributed by atoms with Gasteiger partial charge in [-0.3, -0.25) is 4.79 Å². The molecular weight excluding hydrogens is 296 g/mol. The Balaban J connectivity index is 1.95. The van der Waals surface area contributed by atoms with E-state index in [4.69, 9.17) is 14.2 Å². The molecule has 0 fully saturated rings. The molecule has 0 saturated carbocycles. The Hall–Kier alpha value is -2.53. The SMILES string of the molecule is COC1=CC2=C3c4ccc(OC)cc4OCC3(O)CC2=CC1=O. The largest absolute Gasteiger partial charge is 0.497 e. The van der Waals surface area contributed by atoms with E-state index < -0.39 is 5.60 Å². The molecule has 1 aromatic carbocycles. The van der Waals surface area contributed by atoms with E-state index in [2.05, 4.69) is 0 Å². The van der Waals surface area contributed by atoms with E-state index in [1.807, 2.05) is 12.1 Å². The lowest BCUT2D eigenvalue weighted by molar-refractivity contribution is -0.114. The lowest BCUT2D eigenvalue weighted by Crippen LogP contribution is -2.38. The summed E-state index contributed by atoms with van der Waals surface area (Å²) in [5.41, 5.74) is 2.15. The molecule has 1 aliphatic heterocycles. The average molecular weight is 312 g/mol. The highest BCUT2D eigenvalue weighted by atomic mass is 16.5. The molecule has 4 rings (SSSR count). The Kier molecular flexibility index (Phi) is 2.90. The molecule has 0 spiro atoms. The summed E-state index contributed by atoms with van der Waals surface area (Å²) in [7, 11) is 3.07. The Morgan fingerprint density at radius 1 is 1.22 bits per heavy atom. The van der Waals surface area contributed by atoms with Gasteiger partial charge in [-0.05, 0) is 35.4 Å². The van der Waals surface area contributed by atoms with Crippen LogP contribution in [-0.2, 0) is 9.53 Å². The zero-order chi connectivity index (χ0) is 16.2. The second-order valence-electron chi connectivity index (χ2n) is 5.89. The van der Waals surface area contributed by atoms with Crippen molar-refractivity contribution in [1.82, 2.24) is 0 Å².